The van der Waals surface area contributed by atoms with E-state index in [0.29, 0.717) is 6.42 Å². The third kappa shape index (κ3) is 3.39. The van der Waals surface area contributed by atoms with Crippen LogP contribution in [0.2, 0.25) is 0 Å². The fourth-order valence-corrected chi connectivity index (χ4v) is 2.49. The van der Waals surface area contributed by atoms with Crippen LogP contribution < -0.4 is 0 Å². The molecule has 1 rings (SSSR count). The highest BCUT2D eigenvalue weighted by Gasteiger charge is 2.52. The minimum Gasteiger partial charge on any atom is -0.390 e. The van der Waals surface area contributed by atoms with Crippen LogP contribution in [0.5, 0.6) is 0 Å². The first-order valence-corrected chi connectivity index (χ1v) is 6.13. The summed E-state index contributed by atoms with van der Waals surface area (Å²) in [5.74, 6) is 0. The largest absolute Gasteiger partial charge is 0.390 e. The molecule has 0 saturated heterocycles. The zero-order valence-electron chi connectivity index (χ0n) is 10.9. The van der Waals surface area contributed by atoms with Gasteiger partial charge in [-0.15, -0.1) is 0 Å². The number of hydrogen-bond acceptors (Lipinski definition) is 5. The Hall–Kier alpha value is -0.200. The van der Waals surface area contributed by atoms with Crippen molar-refractivity contribution < 1.29 is 20.4 Å². The molecule has 17 heavy (non-hydrogen) atoms. The molecular formula is C12H25NO4. The molecule has 0 radical (unpaired) electrons. The van der Waals surface area contributed by atoms with E-state index in [-0.39, 0.29) is 12.8 Å². The molecule has 0 spiro atoms. The Bertz CT molecular complexity index is 257. The highest BCUT2D eigenvalue weighted by atomic mass is 16.4. The highest BCUT2D eigenvalue weighted by Crippen LogP contribution is 2.40. The molecule has 1 saturated carbocycles. The molecule has 0 aromatic carbocycles. The van der Waals surface area contributed by atoms with E-state index in [0.717, 1.165) is 13.0 Å². The quantitative estimate of drug-likeness (QED) is 0.529. The molecule has 5 heteroatoms. The molecule has 0 aliphatic heterocycles. The second kappa shape index (κ2) is 5.20. The average Bonchev–Trinajstić information content (AvgIpc) is 2.13. The maximum atomic E-state index is 10.5. The van der Waals surface area contributed by atoms with Gasteiger partial charge in [-0.2, -0.15) is 0 Å². The predicted octanol–water partition coefficient (Wildman–Crippen LogP) is -0.674. The molecular weight excluding hydrogens is 222 g/mol. The van der Waals surface area contributed by atoms with E-state index in [9.17, 15) is 20.4 Å². The zero-order valence-corrected chi connectivity index (χ0v) is 10.9. The van der Waals surface area contributed by atoms with Crippen molar-refractivity contribution in [2.75, 3.05) is 20.6 Å². The van der Waals surface area contributed by atoms with E-state index in [4.69, 9.17) is 0 Å². The summed E-state index contributed by atoms with van der Waals surface area (Å²) in [5, 5.41) is 39.8. The summed E-state index contributed by atoms with van der Waals surface area (Å²) in [6, 6.07) is 0. The minimum absolute atomic E-state index is 0.00658. The molecule has 4 unspecified atom stereocenters. The minimum atomic E-state index is -1.35. The van der Waals surface area contributed by atoms with Crippen LogP contribution in [0.3, 0.4) is 0 Å². The average molecular weight is 247 g/mol. The molecule has 102 valence electrons. The molecule has 0 aromatic rings. The van der Waals surface area contributed by atoms with Crippen molar-refractivity contribution in [2.45, 2.75) is 56.0 Å². The maximum absolute atomic E-state index is 10.5. The van der Waals surface area contributed by atoms with Crippen LogP contribution in [-0.4, -0.2) is 69.4 Å². The number of hydrogen-bond donors (Lipinski definition) is 4. The van der Waals surface area contributed by atoms with Gasteiger partial charge in [0.2, 0.25) is 0 Å². The van der Waals surface area contributed by atoms with Gasteiger partial charge in [0.25, 0.3) is 0 Å². The molecule has 0 bridgehead atoms. The molecule has 0 amide bonds. The molecule has 1 fully saturated rings. The Morgan fingerprint density at radius 2 is 1.65 bits per heavy atom. The molecule has 4 N–H and O–H groups in total. The summed E-state index contributed by atoms with van der Waals surface area (Å²) < 4.78 is 0. The van der Waals surface area contributed by atoms with Gasteiger partial charge in [-0.1, -0.05) is 0 Å². The van der Waals surface area contributed by atoms with Crippen molar-refractivity contribution in [3.8, 4) is 0 Å². The van der Waals surface area contributed by atoms with E-state index in [1.807, 2.05) is 19.0 Å². The Kier molecular flexibility index (Phi) is 4.54. The van der Waals surface area contributed by atoms with Gasteiger partial charge in [-0.05, 0) is 40.4 Å². The SMILES string of the molecule is CN(C)CCCC1(O)CC(O)C(O)CC1(C)O. The van der Waals surface area contributed by atoms with Gasteiger partial charge in [-0.25, -0.2) is 0 Å². The summed E-state index contributed by atoms with van der Waals surface area (Å²) in [7, 11) is 3.89. The lowest BCUT2D eigenvalue weighted by Crippen LogP contribution is -2.61. The van der Waals surface area contributed by atoms with Crippen molar-refractivity contribution in [1.29, 1.82) is 0 Å². The van der Waals surface area contributed by atoms with Gasteiger partial charge < -0.3 is 25.3 Å². The van der Waals surface area contributed by atoms with Gasteiger partial charge >= 0.3 is 0 Å². The number of rotatable bonds is 4. The third-order valence-corrected chi connectivity index (χ3v) is 3.80. The first-order chi connectivity index (χ1) is 7.68. The van der Waals surface area contributed by atoms with E-state index in [2.05, 4.69) is 0 Å². The van der Waals surface area contributed by atoms with E-state index in [1.54, 1.807) is 0 Å². The Morgan fingerprint density at radius 3 is 2.18 bits per heavy atom. The smallest absolute Gasteiger partial charge is 0.0957 e. The molecule has 4 atom stereocenters. The summed E-state index contributed by atoms with van der Waals surface area (Å²) in [6.07, 6.45) is -0.732. The van der Waals surface area contributed by atoms with Gasteiger partial charge in [0.15, 0.2) is 0 Å². The van der Waals surface area contributed by atoms with Gasteiger partial charge in [0, 0.05) is 12.8 Å². The Morgan fingerprint density at radius 1 is 1.12 bits per heavy atom. The van der Waals surface area contributed by atoms with Crippen molar-refractivity contribution >= 4 is 0 Å². The topological polar surface area (TPSA) is 84.2 Å². The first kappa shape index (κ1) is 14.9. The summed E-state index contributed by atoms with van der Waals surface area (Å²) in [6.45, 7) is 2.34. The van der Waals surface area contributed by atoms with E-state index >= 15 is 0 Å². The lowest BCUT2D eigenvalue weighted by atomic mass is 9.68. The Labute approximate surface area is 103 Å². The van der Waals surface area contributed by atoms with Gasteiger partial charge in [0.05, 0.1) is 23.4 Å². The number of aliphatic hydroxyl groups is 4. The van der Waals surface area contributed by atoms with Crippen LogP contribution in [0.4, 0.5) is 0 Å². The van der Waals surface area contributed by atoms with E-state index < -0.39 is 23.4 Å². The second-order valence-electron chi connectivity index (χ2n) is 5.76. The molecule has 1 aliphatic rings. The number of nitrogens with zero attached hydrogens (tertiary/aromatic N) is 1. The van der Waals surface area contributed by atoms with Gasteiger partial charge in [0.1, 0.15) is 0 Å². The van der Waals surface area contributed by atoms with Crippen LogP contribution >= 0.6 is 0 Å². The lowest BCUT2D eigenvalue weighted by Gasteiger charge is -2.48. The molecule has 0 heterocycles. The zero-order chi connectivity index (χ0) is 13.3. The normalized spacial score (nSPS) is 43.1. The monoisotopic (exact) mass is 247 g/mol. The van der Waals surface area contributed by atoms with Crippen LogP contribution in [0.15, 0.2) is 0 Å². The highest BCUT2D eigenvalue weighted by molar-refractivity contribution is 5.04. The van der Waals surface area contributed by atoms with Crippen LogP contribution in [0.25, 0.3) is 0 Å². The number of aliphatic hydroxyl groups excluding tert-OH is 2. The van der Waals surface area contributed by atoms with E-state index in [1.165, 1.54) is 6.92 Å². The summed E-state index contributed by atoms with van der Waals surface area (Å²) in [4.78, 5) is 2.01. The fourth-order valence-electron chi connectivity index (χ4n) is 2.49. The lowest BCUT2D eigenvalue weighted by molar-refractivity contribution is -0.217. The summed E-state index contributed by atoms with van der Waals surface area (Å²) in [5.41, 5.74) is -2.67. The van der Waals surface area contributed by atoms with Crippen molar-refractivity contribution in [3.05, 3.63) is 0 Å². The first-order valence-electron chi connectivity index (χ1n) is 6.13. The molecule has 0 aromatic heterocycles. The van der Waals surface area contributed by atoms with Crippen LogP contribution in [0, 0.1) is 0 Å². The van der Waals surface area contributed by atoms with Gasteiger partial charge in [-0.3, -0.25) is 0 Å². The maximum Gasteiger partial charge on any atom is 0.0957 e. The molecule has 1 aliphatic carbocycles. The van der Waals surface area contributed by atoms with Crippen molar-refractivity contribution in [1.82, 2.24) is 4.90 Å². The molecule has 5 nitrogen and oxygen atoms in total. The Balaban J connectivity index is 2.64. The van der Waals surface area contributed by atoms with Crippen LogP contribution in [0.1, 0.15) is 32.6 Å². The fraction of sp³-hybridized carbons (Fsp3) is 1.00. The predicted molar refractivity (Wildman–Crippen MR) is 64.6 cm³/mol. The van der Waals surface area contributed by atoms with Crippen molar-refractivity contribution in [3.63, 3.8) is 0 Å². The second-order valence-corrected chi connectivity index (χ2v) is 5.76. The van der Waals surface area contributed by atoms with Crippen molar-refractivity contribution in [2.24, 2.45) is 0 Å². The van der Waals surface area contributed by atoms with Crippen LogP contribution in [-0.2, 0) is 0 Å². The third-order valence-electron chi connectivity index (χ3n) is 3.80. The standard InChI is InChI=1S/C12H25NO4/c1-11(16)7-9(14)10(15)8-12(11,17)5-4-6-13(2)3/h9-10,14-17H,4-8H2,1-3H3. The summed E-state index contributed by atoms with van der Waals surface area (Å²) >= 11 is 0.